The van der Waals surface area contributed by atoms with Gasteiger partial charge in [0.1, 0.15) is 34.4 Å². The third kappa shape index (κ3) is 4.77. The monoisotopic (exact) mass is 602 g/mol. The van der Waals surface area contributed by atoms with E-state index >= 15 is 0 Å². The average molecular weight is 603 g/mol. The molecule has 9 nitrogen and oxygen atoms in total. The molecule has 0 amide bonds. The smallest absolute Gasteiger partial charge is 0.428 e. The van der Waals surface area contributed by atoms with Gasteiger partial charge in [0.25, 0.3) is 5.19 Å². The maximum absolute atomic E-state index is 14.2. The minimum atomic E-state index is -4.99. The number of nitrogens with zero attached hydrogens (tertiary/aromatic N) is 4. The molecule has 6 aromatic rings. The lowest BCUT2D eigenvalue weighted by Gasteiger charge is -2.29. The number of aryl methyl sites for hydroxylation is 1. The highest BCUT2D eigenvalue weighted by molar-refractivity contribution is 7.18. The highest BCUT2D eigenvalue weighted by Gasteiger charge is 2.58. The summed E-state index contributed by atoms with van der Waals surface area (Å²) in [4.78, 5) is 9.27. The number of hydrogen-bond donors (Lipinski definition) is 1. The van der Waals surface area contributed by atoms with Crippen molar-refractivity contribution in [2.45, 2.75) is 25.3 Å². The van der Waals surface area contributed by atoms with Crippen LogP contribution in [0.5, 0.6) is 16.7 Å². The van der Waals surface area contributed by atoms with Crippen LogP contribution >= 0.6 is 22.7 Å². The Labute approximate surface area is 238 Å². The number of rotatable bonds is 8. The second kappa shape index (κ2) is 10.0. The van der Waals surface area contributed by atoms with Crippen molar-refractivity contribution in [1.29, 1.82) is 0 Å². The normalized spacial score (nSPS) is 13.5. The highest BCUT2D eigenvalue weighted by Crippen LogP contribution is 2.45. The largest absolute Gasteiger partial charge is 0.496 e. The molecule has 0 bridgehead atoms. The molecular weight excluding hydrogens is 581 g/mol. The van der Waals surface area contributed by atoms with Gasteiger partial charge in [-0.25, -0.2) is 14.5 Å². The van der Waals surface area contributed by atoms with Crippen LogP contribution in [0.15, 0.2) is 58.5 Å². The molecule has 1 atom stereocenters. The van der Waals surface area contributed by atoms with Gasteiger partial charge in [-0.15, -0.1) is 16.4 Å². The van der Waals surface area contributed by atoms with E-state index in [1.807, 2.05) is 0 Å². The van der Waals surface area contributed by atoms with Crippen LogP contribution in [0.1, 0.15) is 21.8 Å². The number of imidazole rings is 1. The zero-order valence-corrected chi connectivity index (χ0v) is 23.4. The fourth-order valence-corrected chi connectivity index (χ4v) is 5.87. The second-order valence-corrected chi connectivity index (χ2v) is 10.9. The molecule has 14 heteroatoms. The molecule has 0 radical (unpaired) electrons. The molecule has 4 aromatic heterocycles. The fraction of sp³-hybridized carbons (Fsp3) is 0.222. The van der Waals surface area contributed by atoms with E-state index in [4.69, 9.17) is 18.6 Å². The van der Waals surface area contributed by atoms with Gasteiger partial charge in [0.15, 0.2) is 5.76 Å². The van der Waals surface area contributed by atoms with Crippen molar-refractivity contribution >= 4 is 38.6 Å². The zero-order valence-electron chi connectivity index (χ0n) is 21.7. The number of aromatic nitrogens is 4. The van der Waals surface area contributed by atoms with Crippen LogP contribution in [0, 0.1) is 6.92 Å². The van der Waals surface area contributed by atoms with Gasteiger partial charge in [-0.1, -0.05) is 29.8 Å². The van der Waals surface area contributed by atoms with Crippen molar-refractivity contribution in [2.75, 3.05) is 14.2 Å². The molecule has 0 aliphatic carbocycles. The quantitative estimate of drug-likeness (QED) is 0.215. The Bertz CT molecular complexity index is 1830. The summed E-state index contributed by atoms with van der Waals surface area (Å²) in [6.07, 6.45) is -3.29. The number of halogens is 3. The maximum Gasteiger partial charge on any atom is 0.428 e. The van der Waals surface area contributed by atoms with E-state index in [2.05, 4.69) is 15.1 Å². The minimum absolute atomic E-state index is 0.162. The lowest BCUT2D eigenvalue weighted by atomic mass is 9.93. The van der Waals surface area contributed by atoms with Crippen LogP contribution in [-0.4, -0.2) is 45.1 Å². The molecule has 0 spiro atoms. The van der Waals surface area contributed by atoms with Gasteiger partial charge < -0.3 is 23.7 Å². The lowest BCUT2D eigenvalue weighted by molar-refractivity contribution is -0.248. The van der Waals surface area contributed by atoms with Crippen LogP contribution in [-0.2, 0) is 12.2 Å². The van der Waals surface area contributed by atoms with Crippen molar-refractivity contribution in [3.05, 3.63) is 75.9 Å². The van der Waals surface area contributed by atoms with Gasteiger partial charge in [0.05, 0.1) is 31.5 Å². The number of hydrogen-bond acceptors (Lipinski definition) is 10. The zero-order chi connectivity index (χ0) is 28.9. The molecule has 212 valence electrons. The summed E-state index contributed by atoms with van der Waals surface area (Å²) in [5.41, 5.74) is -1.59. The molecule has 1 N–H and O–H groups in total. The van der Waals surface area contributed by atoms with Crippen LogP contribution in [0.4, 0.5) is 13.2 Å². The first-order valence-corrected chi connectivity index (χ1v) is 13.7. The van der Waals surface area contributed by atoms with Crippen molar-refractivity contribution in [2.24, 2.45) is 0 Å². The summed E-state index contributed by atoms with van der Waals surface area (Å²) in [5, 5.41) is 17.2. The Morgan fingerprint density at radius 1 is 1.05 bits per heavy atom. The predicted molar refractivity (Wildman–Crippen MR) is 146 cm³/mol. The molecule has 0 aliphatic heterocycles. The van der Waals surface area contributed by atoms with Gasteiger partial charge in [-0.05, 0) is 29.9 Å². The first kappa shape index (κ1) is 27.1. The second-order valence-electron chi connectivity index (χ2n) is 9.08. The number of aliphatic hydroxyl groups is 1. The van der Waals surface area contributed by atoms with Crippen LogP contribution in [0.25, 0.3) is 27.4 Å². The molecular formula is C27H21F3N4O5S2. The van der Waals surface area contributed by atoms with E-state index < -0.39 is 16.8 Å². The number of fused-ring (bicyclic) bond motifs is 2. The van der Waals surface area contributed by atoms with Gasteiger partial charge in [-0.2, -0.15) is 13.2 Å². The van der Waals surface area contributed by atoms with Crippen molar-refractivity contribution in [3.8, 4) is 28.1 Å². The molecule has 0 saturated heterocycles. The van der Waals surface area contributed by atoms with E-state index in [9.17, 15) is 18.3 Å². The number of benzene rings is 2. The lowest BCUT2D eigenvalue weighted by Crippen LogP contribution is -2.43. The van der Waals surface area contributed by atoms with E-state index in [0.717, 1.165) is 5.56 Å². The molecule has 4 heterocycles. The molecule has 2 aromatic carbocycles. The summed E-state index contributed by atoms with van der Waals surface area (Å²) in [7, 11) is 3.02. The van der Waals surface area contributed by atoms with Crippen molar-refractivity contribution in [1.82, 2.24) is 19.6 Å². The van der Waals surface area contributed by atoms with E-state index in [0.29, 0.717) is 55.4 Å². The number of alkyl halides is 3. The Morgan fingerprint density at radius 3 is 2.51 bits per heavy atom. The Morgan fingerprint density at radius 2 is 1.83 bits per heavy atom. The third-order valence-electron chi connectivity index (χ3n) is 6.38. The van der Waals surface area contributed by atoms with Gasteiger partial charge in [0, 0.05) is 17.5 Å². The minimum Gasteiger partial charge on any atom is -0.496 e. The van der Waals surface area contributed by atoms with Gasteiger partial charge >= 0.3 is 6.18 Å². The van der Waals surface area contributed by atoms with E-state index in [1.165, 1.54) is 55.2 Å². The summed E-state index contributed by atoms with van der Waals surface area (Å²) < 4.78 is 66.6. The number of thiazole rings is 1. The summed E-state index contributed by atoms with van der Waals surface area (Å²) in [6, 6.07) is 10.6. The first-order chi connectivity index (χ1) is 19.6. The van der Waals surface area contributed by atoms with Crippen LogP contribution in [0.3, 0.4) is 0 Å². The molecule has 41 heavy (non-hydrogen) atoms. The standard InChI is InChI=1S/C27H21F3N4O5S2/c1-14-4-6-15(7-5-14)26(35,27(28,29)30)23-31-16(13-40-23)12-38-20-8-17(36-2)9-21-18(20)10-22(39-21)19-11-34-24(32-19)41-25(33-34)37-3/h4-11,13,35H,12H2,1-3H3. The summed E-state index contributed by atoms with van der Waals surface area (Å²) >= 11 is 1.98. The molecule has 0 saturated carbocycles. The maximum atomic E-state index is 14.2. The highest BCUT2D eigenvalue weighted by atomic mass is 32.1. The number of methoxy groups -OCH3 is 2. The Hall–Kier alpha value is -4.14. The Balaban J connectivity index is 1.29. The topological polar surface area (TPSA) is 104 Å². The van der Waals surface area contributed by atoms with E-state index in [1.54, 1.807) is 35.8 Å². The molecule has 1 unspecified atom stereocenters. The SMILES string of the molecule is COc1cc(OCc2csc(C(O)(c3ccc(C)cc3)C(F)(F)F)n2)c2cc(-c3cn4nc(OC)sc4n3)oc2c1. The predicted octanol–water partition coefficient (Wildman–Crippen LogP) is 6.36. The van der Waals surface area contributed by atoms with E-state index in [-0.39, 0.29) is 17.9 Å². The first-order valence-electron chi connectivity index (χ1n) is 12.0. The number of furan rings is 1. The molecule has 0 fully saturated rings. The third-order valence-corrected chi connectivity index (χ3v) is 8.26. The summed E-state index contributed by atoms with van der Waals surface area (Å²) in [6.45, 7) is 1.59. The Kier molecular flexibility index (Phi) is 6.63. The fourth-order valence-electron chi connectivity index (χ4n) is 4.22. The average Bonchev–Trinajstić information content (AvgIpc) is 3.73. The van der Waals surface area contributed by atoms with Crippen molar-refractivity contribution in [3.63, 3.8) is 0 Å². The number of ether oxygens (including phenoxy) is 3. The van der Waals surface area contributed by atoms with Crippen LogP contribution < -0.4 is 14.2 Å². The molecule has 6 rings (SSSR count). The van der Waals surface area contributed by atoms with Crippen LogP contribution in [0.2, 0.25) is 0 Å². The summed E-state index contributed by atoms with van der Waals surface area (Å²) in [5.74, 6) is 1.28. The van der Waals surface area contributed by atoms with Gasteiger partial charge in [0.2, 0.25) is 10.6 Å². The van der Waals surface area contributed by atoms with Gasteiger partial charge in [-0.3, -0.25) is 0 Å². The van der Waals surface area contributed by atoms with Crippen molar-refractivity contribution < 1.29 is 36.9 Å². The molecule has 0 aliphatic rings.